The zero-order valence-corrected chi connectivity index (χ0v) is 30.7. The van der Waals surface area contributed by atoms with Crippen LogP contribution in [0.15, 0.2) is 209 Å². The largest absolute Gasteiger partial charge is 0.454 e. The molecule has 4 heterocycles. The van der Waals surface area contributed by atoms with Crippen molar-refractivity contribution in [1.82, 2.24) is 9.97 Å². The third kappa shape index (κ3) is 5.72. The maximum Gasteiger partial charge on any atom is 0.161 e. The van der Waals surface area contributed by atoms with E-state index in [0.717, 1.165) is 89.0 Å². The van der Waals surface area contributed by atoms with E-state index < -0.39 is 0 Å². The van der Waals surface area contributed by atoms with Gasteiger partial charge >= 0.3 is 0 Å². The number of hydrogen-bond donors (Lipinski definition) is 0. The Morgan fingerprint density at radius 1 is 0.351 bits per heavy atom. The van der Waals surface area contributed by atoms with Crippen molar-refractivity contribution in [3.05, 3.63) is 200 Å². The lowest BCUT2D eigenvalue weighted by Gasteiger charge is -2.26. The normalized spacial score (nSPS) is 11.5. The first-order valence-electron chi connectivity index (χ1n) is 19.0. The molecule has 0 N–H and O–H groups in total. The van der Waals surface area contributed by atoms with E-state index in [4.69, 9.17) is 13.8 Å². The van der Waals surface area contributed by atoms with Crippen LogP contribution < -0.4 is 4.90 Å². The molecular formula is C52H33N3O2. The first-order chi connectivity index (χ1) is 28.2. The molecule has 0 atom stereocenters. The second kappa shape index (κ2) is 13.5. The van der Waals surface area contributed by atoms with Crippen molar-refractivity contribution in [3.63, 3.8) is 0 Å². The lowest BCUT2D eigenvalue weighted by molar-refractivity contribution is 0.668. The second-order valence-electron chi connectivity index (χ2n) is 14.2. The van der Waals surface area contributed by atoms with E-state index >= 15 is 0 Å². The van der Waals surface area contributed by atoms with Crippen LogP contribution in [0.25, 0.3) is 88.6 Å². The van der Waals surface area contributed by atoms with Gasteiger partial charge in [-0.2, -0.15) is 0 Å². The molecule has 0 fully saturated rings. The number of furan rings is 2. The van der Waals surface area contributed by atoms with Gasteiger partial charge in [-0.15, -0.1) is 0 Å². The third-order valence-corrected chi connectivity index (χ3v) is 10.8. The summed E-state index contributed by atoms with van der Waals surface area (Å²) in [6.45, 7) is 0. The molecule has 7 aromatic carbocycles. The molecule has 0 bridgehead atoms. The van der Waals surface area contributed by atoms with Gasteiger partial charge in [-0.1, -0.05) is 115 Å². The van der Waals surface area contributed by atoms with E-state index in [9.17, 15) is 0 Å². The topological polar surface area (TPSA) is 55.3 Å². The smallest absolute Gasteiger partial charge is 0.161 e. The Morgan fingerprint density at radius 2 is 0.877 bits per heavy atom. The number of aromatic nitrogens is 2. The van der Waals surface area contributed by atoms with E-state index in [1.807, 2.05) is 60.9 Å². The SMILES string of the molecule is c1ccc(-c2cccc(-c3ccc(N(c4ccc(-c5nccc6c5oc5ccccc56)cc4)c4ccc(-c5ccnc6c5oc5ccccc56)cc4)cc3)c2)cc1. The first kappa shape index (κ1) is 32.7. The maximum atomic E-state index is 6.34. The molecule has 11 aromatic rings. The summed E-state index contributed by atoms with van der Waals surface area (Å²) in [5, 5.41) is 3.16. The van der Waals surface area contributed by atoms with Gasteiger partial charge in [0.15, 0.2) is 11.2 Å². The molecule has 0 saturated heterocycles. The lowest BCUT2D eigenvalue weighted by atomic mass is 9.99. The van der Waals surface area contributed by atoms with Gasteiger partial charge in [-0.05, 0) is 101 Å². The number of benzene rings is 7. The highest BCUT2D eigenvalue weighted by atomic mass is 16.3. The number of hydrogen-bond acceptors (Lipinski definition) is 5. The van der Waals surface area contributed by atoms with Crippen LogP contribution >= 0.6 is 0 Å². The molecular weight excluding hydrogens is 699 g/mol. The monoisotopic (exact) mass is 731 g/mol. The number of pyridine rings is 2. The van der Waals surface area contributed by atoms with Crippen molar-refractivity contribution in [2.45, 2.75) is 0 Å². The van der Waals surface area contributed by atoms with Crippen molar-refractivity contribution in [1.29, 1.82) is 0 Å². The highest BCUT2D eigenvalue weighted by Crippen LogP contribution is 2.41. The molecule has 5 heteroatoms. The van der Waals surface area contributed by atoms with Gasteiger partial charge in [0.1, 0.15) is 22.4 Å². The van der Waals surface area contributed by atoms with E-state index in [0.29, 0.717) is 0 Å². The van der Waals surface area contributed by atoms with Gasteiger partial charge in [0.05, 0.1) is 0 Å². The number of nitrogens with zero attached hydrogens (tertiary/aromatic N) is 3. The molecule has 57 heavy (non-hydrogen) atoms. The van der Waals surface area contributed by atoms with E-state index in [-0.39, 0.29) is 0 Å². The molecule has 0 aliphatic heterocycles. The van der Waals surface area contributed by atoms with Gasteiger partial charge in [-0.25, -0.2) is 0 Å². The predicted octanol–water partition coefficient (Wildman–Crippen LogP) is 14.4. The van der Waals surface area contributed by atoms with Crippen molar-refractivity contribution >= 4 is 61.1 Å². The molecule has 268 valence electrons. The van der Waals surface area contributed by atoms with Crippen LogP contribution in [-0.2, 0) is 0 Å². The third-order valence-electron chi connectivity index (χ3n) is 10.8. The van der Waals surface area contributed by atoms with Crippen LogP contribution in [0.2, 0.25) is 0 Å². The van der Waals surface area contributed by atoms with E-state index in [1.165, 1.54) is 16.7 Å². The molecule has 11 rings (SSSR count). The predicted molar refractivity (Wildman–Crippen MR) is 233 cm³/mol. The van der Waals surface area contributed by atoms with Crippen molar-refractivity contribution in [3.8, 4) is 44.6 Å². The summed E-state index contributed by atoms with van der Waals surface area (Å²) in [5.41, 5.74) is 15.8. The molecule has 5 nitrogen and oxygen atoms in total. The number of rotatable bonds is 7. The molecule has 0 radical (unpaired) electrons. The Morgan fingerprint density at radius 3 is 1.58 bits per heavy atom. The number of anilines is 3. The van der Waals surface area contributed by atoms with Gasteiger partial charge in [-0.3, -0.25) is 9.97 Å². The Labute approximate surface area is 328 Å². The molecule has 0 aliphatic carbocycles. The Kier molecular flexibility index (Phi) is 7.74. The Bertz CT molecular complexity index is 3060. The van der Waals surface area contributed by atoms with Crippen molar-refractivity contribution in [2.24, 2.45) is 0 Å². The van der Waals surface area contributed by atoms with Crippen molar-refractivity contribution in [2.75, 3.05) is 4.90 Å². The van der Waals surface area contributed by atoms with Gasteiger partial charge in [0.2, 0.25) is 0 Å². The van der Waals surface area contributed by atoms with Gasteiger partial charge < -0.3 is 13.7 Å². The molecule has 0 spiro atoms. The van der Waals surface area contributed by atoms with E-state index in [2.05, 4.69) is 149 Å². The quantitative estimate of drug-likeness (QED) is 0.163. The standard InChI is InChI=1S/C52H33N3O2/c1-2-9-34(10-3-1)38-11-8-12-39(33-38)35-17-23-40(24-18-35)55(41-25-19-36(20-26-41)43-29-31-54-50-46-14-5-7-16-48(46)57-51(43)50)42-27-21-37(22-28-42)49-52-45(30-32-53-49)44-13-4-6-15-47(44)56-52/h1-33H. The summed E-state index contributed by atoms with van der Waals surface area (Å²) >= 11 is 0. The van der Waals surface area contributed by atoms with Crippen LogP contribution in [0.1, 0.15) is 0 Å². The average molecular weight is 732 g/mol. The fourth-order valence-corrected chi connectivity index (χ4v) is 8.01. The summed E-state index contributed by atoms with van der Waals surface area (Å²) in [7, 11) is 0. The second-order valence-corrected chi connectivity index (χ2v) is 14.2. The number of fused-ring (bicyclic) bond motifs is 6. The highest BCUT2D eigenvalue weighted by Gasteiger charge is 2.18. The van der Waals surface area contributed by atoms with Gasteiger partial charge in [0, 0.05) is 56.7 Å². The summed E-state index contributed by atoms with van der Waals surface area (Å²) < 4.78 is 12.7. The molecule has 4 aromatic heterocycles. The summed E-state index contributed by atoms with van der Waals surface area (Å²) in [5.74, 6) is 0. The maximum absolute atomic E-state index is 6.34. The van der Waals surface area contributed by atoms with Crippen molar-refractivity contribution < 1.29 is 8.83 Å². The minimum Gasteiger partial charge on any atom is -0.454 e. The van der Waals surface area contributed by atoms with Crippen LogP contribution in [0.5, 0.6) is 0 Å². The van der Waals surface area contributed by atoms with Crippen LogP contribution in [-0.4, -0.2) is 9.97 Å². The Hall–Kier alpha value is -7.76. The summed E-state index contributed by atoms with van der Waals surface area (Å²) in [6, 6.07) is 65.5. The number of para-hydroxylation sites is 2. The highest BCUT2D eigenvalue weighted by molar-refractivity contribution is 6.09. The molecule has 0 aliphatic rings. The first-order valence-corrected chi connectivity index (χ1v) is 19.0. The fraction of sp³-hybridized carbons (Fsp3) is 0. The van der Waals surface area contributed by atoms with Gasteiger partial charge in [0.25, 0.3) is 0 Å². The van der Waals surface area contributed by atoms with Crippen LogP contribution in [0.4, 0.5) is 17.1 Å². The van der Waals surface area contributed by atoms with Crippen LogP contribution in [0.3, 0.4) is 0 Å². The lowest BCUT2D eigenvalue weighted by Crippen LogP contribution is -2.09. The zero-order chi connectivity index (χ0) is 37.7. The summed E-state index contributed by atoms with van der Waals surface area (Å²) in [4.78, 5) is 11.7. The minimum atomic E-state index is 0.791. The fourth-order valence-electron chi connectivity index (χ4n) is 8.01. The average Bonchev–Trinajstić information content (AvgIpc) is 3.87. The molecule has 0 saturated carbocycles. The zero-order valence-electron chi connectivity index (χ0n) is 30.7. The minimum absolute atomic E-state index is 0.791. The van der Waals surface area contributed by atoms with E-state index in [1.54, 1.807) is 0 Å². The Balaban J connectivity index is 0.986. The summed E-state index contributed by atoms with van der Waals surface area (Å²) in [6.07, 6.45) is 3.72. The molecule has 0 amide bonds. The van der Waals surface area contributed by atoms with Crippen LogP contribution in [0, 0.1) is 0 Å². The molecule has 0 unspecified atom stereocenters.